The van der Waals surface area contributed by atoms with Gasteiger partial charge in [0.2, 0.25) is 0 Å². The number of benzene rings is 1. The van der Waals surface area contributed by atoms with Crippen LogP contribution in [-0.2, 0) is 6.18 Å². The smallest absolute Gasteiger partial charge is 0.390 e. The summed E-state index contributed by atoms with van der Waals surface area (Å²) in [7, 11) is 0. The summed E-state index contributed by atoms with van der Waals surface area (Å²) in [6, 6.07) is 4.90. The van der Waals surface area contributed by atoms with Gasteiger partial charge in [-0.3, -0.25) is 14.7 Å². The molecular formula is C21H28F3N5O3S. The van der Waals surface area contributed by atoms with E-state index >= 15 is 0 Å². The Hall–Kier alpha value is -2.60. The Balaban J connectivity index is 1.95. The van der Waals surface area contributed by atoms with E-state index in [0.717, 1.165) is 30.2 Å². The largest absolute Gasteiger partial charge is 0.453 e. The number of carbonyl (C=O) groups excluding carboxylic acids is 2. The minimum atomic E-state index is -4.65. The van der Waals surface area contributed by atoms with Crippen LogP contribution in [-0.4, -0.2) is 68.5 Å². The van der Waals surface area contributed by atoms with Crippen LogP contribution in [0.15, 0.2) is 23.4 Å². The van der Waals surface area contributed by atoms with Gasteiger partial charge in [-0.15, -0.1) is 5.10 Å². The number of halogens is 3. The van der Waals surface area contributed by atoms with E-state index in [1.165, 1.54) is 6.07 Å². The lowest BCUT2D eigenvalue weighted by atomic mass is 10.0. The number of aromatic amines is 1. The molecule has 1 aromatic heterocycles. The minimum Gasteiger partial charge on any atom is -0.390 e. The van der Waals surface area contributed by atoms with Crippen LogP contribution in [0, 0.1) is 6.92 Å². The van der Waals surface area contributed by atoms with Crippen molar-refractivity contribution in [3.8, 4) is 0 Å². The highest BCUT2D eigenvalue weighted by atomic mass is 32.2. The first-order chi connectivity index (χ1) is 15.5. The predicted molar refractivity (Wildman–Crippen MR) is 118 cm³/mol. The molecular weight excluding hydrogens is 459 g/mol. The third-order valence-electron chi connectivity index (χ3n) is 4.49. The molecule has 33 heavy (non-hydrogen) atoms. The lowest BCUT2D eigenvalue weighted by Gasteiger charge is -2.22. The Morgan fingerprint density at radius 3 is 2.39 bits per heavy atom. The summed E-state index contributed by atoms with van der Waals surface area (Å²) in [4.78, 5) is 30.5. The summed E-state index contributed by atoms with van der Waals surface area (Å²) in [5.41, 5.74) is 1.46. The maximum absolute atomic E-state index is 12.9. The number of aliphatic hydroxyl groups is 1. The number of nitrogens with one attached hydrogen (secondary N) is 2. The van der Waals surface area contributed by atoms with Gasteiger partial charge in [0.1, 0.15) is 0 Å². The number of aryl methyl sites for hydroxylation is 1. The SMILES string of the molecule is CCCN(CCC)C(=O)c1cc(C)cc(C(=O)NCC(O)CSc2nc(C(F)(F)F)n[nH]2)c1. The van der Waals surface area contributed by atoms with Gasteiger partial charge in [-0.25, -0.2) is 0 Å². The fourth-order valence-electron chi connectivity index (χ4n) is 3.06. The number of carbonyl (C=O) groups is 2. The van der Waals surface area contributed by atoms with Crippen molar-refractivity contribution in [2.75, 3.05) is 25.4 Å². The summed E-state index contributed by atoms with van der Waals surface area (Å²) in [5.74, 6) is -1.90. The molecule has 0 fully saturated rings. The molecule has 2 rings (SSSR count). The van der Waals surface area contributed by atoms with Crippen LogP contribution in [0.25, 0.3) is 0 Å². The van der Waals surface area contributed by atoms with Crippen LogP contribution in [0.3, 0.4) is 0 Å². The summed E-state index contributed by atoms with van der Waals surface area (Å²) in [6.07, 6.45) is -4.03. The average molecular weight is 488 g/mol. The summed E-state index contributed by atoms with van der Waals surface area (Å²) in [6.45, 7) is 6.90. The molecule has 0 aliphatic rings. The molecule has 0 aliphatic heterocycles. The Morgan fingerprint density at radius 2 is 1.82 bits per heavy atom. The van der Waals surface area contributed by atoms with Gasteiger partial charge in [0.05, 0.1) is 6.10 Å². The van der Waals surface area contributed by atoms with Crippen LogP contribution >= 0.6 is 11.8 Å². The summed E-state index contributed by atoms with van der Waals surface area (Å²) in [5, 5.41) is 17.8. The lowest BCUT2D eigenvalue weighted by molar-refractivity contribution is -0.144. The van der Waals surface area contributed by atoms with Crippen LogP contribution < -0.4 is 5.32 Å². The van der Waals surface area contributed by atoms with Crippen LogP contribution in [0.4, 0.5) is 13.2 Å². The number of aromatic nitrogens is 3. The Bertz CT molecular complexity index is 945. The van der Waals surface area contributed by atoms with Crippen LogP contribution in [0.2, 0.25) is 0 Å². The van der Waals surface area contributed by atoms with Crippen molar-refractivity contribution in [1.82, 2.24) is 25.4 Å². The maximum atomic E-state index is 12.9. The monoisotopic (exact) mass is 487 g/mol. The zero-order valence-corrected chi connectivity index (χ0v) is 19.5. The molecule has 12 heteroatoms. The van der Waals surface area contributed by atoms with Crippen molar-refractivity contribution < 1.29 is 27.9 Å². The normalized spacial score (nSPS) is 12.5. The number of nitrogens with zero attached hydrogens (tertiary/aromatic N) is 3. The van der Waals surface area contributed by atoms with Gasteiger partial charge in [0, 0.05) is 36.5 Å². The van der Waals surface area contributed by atoms with Gasteiger partial charge in [0.25, 0.3) is 17.6 Å². The molecule has 2 aromatic rings. The van der Waals surface area contributed by atoms with E-state index in [4.69, 9.17) is 0 Å². The van der Waals surface area contributed by atoms with E-state index in [9.17, 15) is 27.9 Å². The zero-order valence-electron chi connectivity index (χ0n) is 18.7. The number of hydrogen-bond acceptors (Lipinski definition) is 6. The lowest BCUT2D eigenvalue weighted by Crippen LogP contribution is -2.34. The molecule has 8 nitrogen and oxygen atoms in total. The van der Waals surface area contributed by atoms with E-state index in [1.807, 2.05) is 13.8 Å². The second-order valence-corrected chi connectivity index (χ2v) is 8.53. The first kappa shape index (κ1) is 26.7. The van der Waals surface area contributed by atoms with Crippen molar-refractivity contribution in [2.45, 2.75) is 51.0 Å². The minimum absolute atomic E-state index is 0.00663. The van der Waals surface area contributed by atoms with Crippen molar-refractivity contribution >= 4 is 23.6 Å². The van der Waals surface area contributed by atoms with Crippen molar-refractivity contribution in [3.63, 3.8) is 0 Å². The van der Waals surface area contributed by atoms with Crippen molar-refractivity contribution in [3.05, 3.63) is 40.7 Å². The molecule has 0 saturated heterocycles. The molecule has 1 atom stereocenters. The van der Waals surface area contributed by atoms with Gasteiger partial charge < -0.3 is 15.3 Å². The highest BCUT2D eigenvalue weighted by Crippen LogP contribution is 2.27. The van der Waals surface area contributed by atoms with E-state index in [1.54, 1.807) is 24.0 Å². The summed E-state index contributed by atoms with van der Waals surface area (Å²) < 4.78 is 37.6. The predicted octanol–water partition coefficient (Wildman–Crippen LogP) is 3.28. The van der Waals surface area contributed by atoms with Gasteiger partial charge in [-0.05, 0) is 43.5 Å². The molecule has 0 radical (unpaired) electrons. The second kappa shape index (κ2) is 12.0. The Morgan fingerprint density at radius 1 is 1.18 bits per heavy atom. The zero-order chi connectivity index (χ0) is 24.6. The number of hydrogen-bond donors (Lipinski definition) is 3. The first-order valence-electron chi connectivity index (χ1n) is 10.5. The van der Waals surface area contributed by atoms with Crippen LogP contribution in [0.5, 0.6) is 0 Å². The van der Waals surface area contributed by atoms with Gasteiger partial charge in [0.15, 0.2) is 5.16 Å². The number of alkyl halides is 3. The molecule has 1 unspecified atom stereocenters. The quantitative estimate of drug-likeness (QED) is 0.420. The molecule has 3 N–H and O–H groups in total. The molecule has 182 valence electrons. The number of rotatable bonds is 11. The Kier molecular flexibility index (Phi) is 9.71. The number of H-pyrrole nitrogens is 1. The average Bonchev–Trinajstić information content (AvgIpc) is 3.24. The van der Waals surface area contributed by atoms with E-state index in [2.05, 4.69) is 20.5 Å². The van der Waals surface area contributed by atoms with Crippen LogP contribution in [0.1, 0.15) is 58.8 Å². The second-order valence-electron chi connectivity index (χ2n) is 7.52. The molecule has 0 saturated carbocycles. The van der Waals surface area contributed by atoms with Gasteiger partial charge in [-0.1, -0.05) is 25.6 Å². The molecule has 0 aliphatic carbocycles. The molecule has 2 amide bonds. The highest BCUT2D eigenvalue weighted by Gasteiger charge is 2.36. The number of amides is 2. The van der Waals surface area contributed by atoms with Gasteiger partial charge in [-0.2, -0.15) is 18.2 Å². The van der Waals surface area contributed by atoms with E-state index < -0.39 is 24.0 Å². The van der Waals surface area contributed by atoms with E-state index in [0.29, 0.717) is 18.7 Å². The maximum Gasteiger partial charge on any atom is 0.453 e. The third kappa shape index (κ3) is 8.04. The molecule has 0 bridgehead atoms. The third-order valence-corrected chi connectivity index (χ3v) is 5.50. The molecule has 1 heterocycles. The molecule has 0 spiro atoms. The highest BCUT2D eigenvalue weighted by molar-refractivity contribution is 7.99. The number of thioether (sulfide) groups is 1. The first-order valence-corrected chi connectivity index (χ1v) is 11.5. The fraction of sp³-hybridized carbons (Fsp3) is 0.524. The fourth-order valence-corrected chi connectivity index (χ4v) is 3.79. The summed E-state index contributed by atoms with van der Waals surface area (Å²) >= 11 is 0.854. The van der Waals surface area contributed by atoms with Crippen molar-refractivity contribution in [2.24, 2.45) is 0 Å². The van der Waals surface area contributed by atoms with Crippen molar-refractivity contribution in [1.29, 1.82) is 0 Å². The topological polar surface area (TPSA) is 111 Å². The molecule has 1 aromatic carbocycles. The van der Waals surface area contributed by atoms with E-state index in [-0.39, 0.29) is 28.9 Å². The number of aliphatic hydroxyl groups excluding tert-OH is 1. The Labute approximate surface area is 194 Å². The van der Waals surface area contributed by atoms with Gasteiger partial charge >= 0.3 is 6.18 Å². The standard InChI is InChI=1S/C21H28F3N5O3S/c1-4-6-29(7-5-2)18(32)15-9-13(3)8-14(10-15)17(31)25-11-16(30)12-33-20-26-19(27-28-20)21(22,23)24/h8-10,16,30H,4-7,11-12H2,1-3H3,(H,25,31)(H,26,27,28).